The molecular weight excluding hydrogens is 302 g/mol. The summed E-state index contributed by atoms with van der Waals surface area (Å²) in [6.07, 6.45) is -2.41. The summed E-state index contributed by atoms with van der Waals surface area (Å²) in [5.41, 5.74) is -3.40. The zero-order valence-electron chi connectivity index (χ0n) is 11.0. The van der Waals surface area contributed by atoms with Crippen molar-refractivity contribution in [2.45, 2.75) is 18.4 Å². The van der Waals surface area contributed by atoms with E-state index in [9.17, 15) is 29.6 Å². The van der Waals surface area contributed by atoms with Crippen LogP contribution in [0.2, 0.25) is 0 Å². The molecule has 0 radical (unpaired) electrons. The number of esters is 1. The Kier molecular flexibility index (Phi) is 5.13. The Bertz CT molecular complexity index is 627. The normalized spacial score (nSPS) is 13.0. The third kappa shape index (κ3) is 4.24. The van der Waals surface area contributed by atoms with Crippen LogP contribution < -0.4 is 4.74 Å². The lowest BCUT2D eigenvalue weighted by Gasteiger charge is -2.19. The molecule has 1 atom stereocenters. The van der Waals surface area contributed by atoms with Crippen LogP contribution in [0.25, 0.3) is 0 Å². The van der Waals surface area contributed by atoms with Gasteiger partial charge >= 0.3 is 23.6 Å². The molecule has 0 bridgehead atoms. The summed E-state index contributed by atoms with van der Waals surface area (Å²) in [6, 6.07) is 4.83. The van der Waals surface area contributed by atoms with Gasteiger partial charge in [0.15, 0.2) is 5.60 Å². The minimum Gasteiger partial charge on any atom is -0.481 e. The molecule has 0 aliphatic heterocycles. The lowest BCUT2D eigenvalue weighted by atomic mass is 9.96. The van der Waals surface area contributed by atoms with Gasteiger partial charge in [-0.15, -0.1) is 0 Å². The fraction of sp³-hybridized carbons (Fsp3) is 0.250. The summed E-state index contributed by atoms with van der Waals surface area (Å²) in [7, 11) is 0. The van der Waals surface area contributed by atoms with E-state index in [0.717, 1.165) is 12.1 Å². The molecule has 1 aromatic carbocycles. The second-order valence-corrected chi connectivity index (χ2v) is 4.28. The van der Waals surface area contributed by atoms with E-state index < -0.39 is 52.7 Å². The quantitative estimate of drug-likeness (QED) is 0.275. The van der Waals surface area contributed by atoms with E-state index in [-0.39, 0.29) is 0 Å². The molecule has 1 unspecified atom stereocenters. The van der Waals surface area contributed by atoms with E-state index in [1.54, 1.807) is 0 Å². The average Bonchev–Trinajstić information content (AvgIpc) is 2.37. The van der Waals surface area contributed by atoms with Crippen LogP contribution in [0.4, 0.5) is 5.69 Å². The van der Waals surface area contributed by atoms with Crippen molar-refractivity contribution in [2.75, 3.05) is 0 Å². The van der Waals surface area contributed by atoms with Crippen LogP contribution in [-0.4, -0.2) is 43.8 Å². The lowest BCUT2D eigenvalue weighted by molar-refractivity contribution is -0.385. The molecule has 0 aliphatic rings. The Labute approximate surface area is 122 Å². The SMILES string of the molecule is O=C(O)CC(O)(CC(=O)Oc1ccccc1[N+](=O)[O-])C(=O)O. The maximum atomic E-state index is 11.6. The molecule has 1 rings (SSSR count). The first kappa shape index (κ1) is 17.0. The number of nitro groups is 1. The Morgan fingerprint density at radius 3 is 2.27 bits per heavy atom. The second kappa shape index (κ2) is 6.63. The topological polar surface area (TPSA) is 164 Å². The van der Waals surface area contributed by atoms with Gasteiger partial charge in [-0.2, -0.15) is 0 Å². The molecule has 10 heteroatoms. The number of carbonyl (C=O) groups is 3. The van der Waals surface area contributed by atoms with Crippen LogP contribution in [-0.2, 0) is 14.4 Å². The number of nitro benzene ring substituents is 1. The van der Waals surface area contributed by atoms with Crippen LogP contribution in [0, 0.1) is 10.1 Å². The predicted molar refractivity (Wildman–Crippen MR) is 68.2 cm³/mol. The van der Waals surface area contributed by atoms with Crippen LogP contribution in [0.1, 0.15) is 12.8 Å². The van der Waals surface area contributed by atoms with Gasteiger partial charge in [0.05, 0.1) is 17.8 Å². The number of carbonyl (C=O) groups excluding carboxylic acids is 1. The van der Waals surface area contributed by atoms with Gasteiger partial charge < -0.3 is 20.1 Å². The Balaban J connectivity index is 2.92. The molecule has 0 heterocycles. The number of nitrogens with zero attached hydrogens (tertiary/aromatic N) is 1. The highest BCUT2D eigenvalue weighted by Gasteiger charge is 2.41. The largest absolute Gasteiger partial charge is 0.481 e. The van der Waals surface area contributed by atoms with Gasteiger partial charge in [0.1, 0.15) is 0 Å². The zero-order chi connectivity index (χ0) is 16.9. The minimum atomic E-state index is -2.87. The Hall–Kier alpha value is -3.01. The van der Waals surface area contributed by atoms with E-state index in [2.05, 4.69) is 4.74 Å². The number of carboxylic acids is 2. The van der Waals surface area contributed by atoms with Crippen molar-refractivity contribution in [3.8, 4) is 5.75 Å². The van der Waals surface area contributed by atoms with E-state index in [0.29, 0.717) is 0 Å². The van der Waals surface area contributed by atoms with E-state index in [4.69, 9.17) is 10.2 Å². The number of aliphatic carboxylic acids is 2. The number of aliphatic hydroxyl groups is 1. The van der Waals surface area contributed by atoms with Gasteiger partial charge in [-0.05, 0) is 6.07 Å². The Morgan fingerprint density at radius 2 is 1.77 bits per heavy atom. The molecule has 0 saturated carbocycles. The molecule has 0 amide bonds. The van der Waals surface area contributed by atoms with Crippen molar-refractivity contribution in [2.24, 2.45) is 0 Å². The van der Waals surface area contributed by atoms with Gasteiger partial charge in [-0.3, -0.25) is 19.7 Å². The lowest BCUT2D eigenvalue weighted by Crippen LogP contribution is -2.43. The number of rotatable bonds is 7. The van der Waals surface area contributed by atoms with Gasteiger partial charge in [0.25, 0.3) is 0 Å². The third-order valence-corrected chi connectivity index (χ3v) is 2.56. The number of ether oxygens (including phenoxy) is 1. The maximum Gasteiger partial charge on any atom is 0.336 e. The average molecular weight is 313 g/mol. The fourth-order valence-corrected chi connectivity index (χ4v) is 1.56. The molecule has 1 aromatic rings. The molecule has 0 spiro atoms. The molecule has 118 valence electrons. The first-order valence-corrected chi connectivity index (χ1v) is 5.77. The van der Waals surface area contributed by atoms with Gasteiger partial charge in [-0.25, -0.2) is 4.79 Å². The van der Waals surface area contributed by atoms with Crippen molar-refractivity contribution in [1.82, 2.24) is 0 Å². The summed E-state index contributed by atoms with van der Waals surface area (Å²) < 4.78 is 4.64. The molecule has 0 fully saturated rings. The van der Waals surface area contributed by atoms with Gasteiger partial charge in [0, 0.05) is 6.07 Å². The van der Waals surface area contributed by atoms with Crippen LogP contribution in [0.5, 0.6) is 5.75 Å². The summed E-state index contributed by atoms with van der Waals surface area (Å²) in [4.78, 5) is 43.0. The number of benzene rings is 1. The summed E-state index contributed by atoms with van der Waals surface area (Å²) >= 11 is 0. The highest BCUT2D eigenvalue weighted by molar-refractivity contribution is 5.89. The Morgan fingerprint density at radius 1 is 1.18 bits per heavy atom. The molecule has 22 heavy (non-hydrogen) atoms. The predicted octanol–water partition coefficient (Wildman–Crippen LogP) is 0.181. The first-order valence-electron chi connectivity index (χ1n) is 5.77. The molecule has 0 aliphatic carbocycles. The first-order chi connectivity index (χ1) is 10.2. The van der Waals surface area contributed by atoms with Crippen molar-refractivity contribution >= 4 is 23.6 Å². The summed E-state index contributed by atoms with van der Waals surface area (Å²) in [5.74, 6) is -5.32. The van der Waals surface area contributed by atoms with E-state index in [1.165, 1.54) is 12.1 Å². The summed E-state index contributed by atoms with van der Waals surface area (Å²) in [6.45, 7) is 0. The fourth-order valence-electron chi connectivity index (χ4n) is 1.56. The number of carboxylic acid groups (broad SMARTS) is 2. The molecule has 0 aromatic heterocycles. The van der Waals surface area contributed by atoms with E-state index >= 15 is 0 Å². The maximum absolute atomic E-state index is 11.6. The third-order valence-electron chi connectivity index (χ3n) is 2.56. The number of hydrogen-bond donors (Lipinski definition) is 3. The van der Waals surface area contributed by atoms with Crippen molar-refractivity contribution in [3.05, 3.63) is 34.4 Å². The number of hydrogen-bond acceptors (Lipinski definition) is 7. The van der Waals surface area contributed by atoms with Crippen molar-refractivity contribution in [1.29, 1.82) is 0 Å². The molecular formula is C12H11NO9. The van der Waals surface area contributed by atoms with Crippen molar-refractivity contribution in [3.63, 3.8) is 0 Å². The molecule has 3 N–H and O–H groups in total. The summed E-state index contributed by atoms with van der Waals surface area (Å²) in [5, 5.41) is 37.8. The highest BCUT2D eigenvalue weighted by Crippen LogP contribution is 2.27. The highest BCUT2D eigenvalue weighted by atomic mass is 16.6. The smallest absolute Gasteiger partial charge is 0.336 e. The van der Waals surface area contributed by atoms with Gasteiger partial charge in [0.2, 0.25) is 5.75 Å². The van der Waals surface area contributed by atoms with Crippen LogP contribution in [0.3, 0.4) is 0 Å². The number of para-hydroxylation sites is 2. The standard InChI is InChI=1S/C12H11NO9/c14-9(15)5-12(19,11(17)18)6-10(16)22-8-4-2-1-3-7(8)13(20)21/h1-4,19H,5-6H2,(H,14,15)(H,17,18). The van der Waals surface area contributed by atoms with Crippen LogP contribution in [0.15, 0.2) is 24.3 Å². The van der Waals surface area contributed by atoms with Gasteiger partial charge in [-0.1, -0.05) is 12.1 Å². The van der Waals surface area contributed by atoms with E-state index in [1.807, 2.05) is 0 Å². The van der Waals surface area contributed by atoms with Crippen molar-refractivity contribution < 1.29 is 39.4 Å². The molecule has 0 saturated heterocycles. The molecule has 10 nitrogen and oxygen atoms in total. The second-order valence-electron chi connectivity index (χ2n) is 4.28. The zero-order valence-corrected chi connectivity index (χ0v) is 11.0. The van der Waals surface area contributed by atoms with Crippen LogP contribution >= 0.6 is 0 Å². The minimum absolute atomic E-state index is 0.444. The monoisotopic (exact) mass is 313 g/mol.